The summed E-state index contributed by atoms with van der Waals surface area (Å²) >= 11 is 0. The predicted molar refractivity (Wildman–Crippen MR) is 88.0 cm³/mol. The Bertz CT molecular complexity index is 781. The number of aromatic carboxylic acids is 1. The van der Waals surface area contributed by atoms with Gasteiger partial charge in [-0.2, -0.15) is 0 Å². The van der Waals surface area contributed by atoms with Crippen molar-refractivity contribution < 1.29 is 24.5 Å². The van der Waals surface area contributed by atoms with Gasteiger partial charge < -0.3 is 19.8 Å². The van der Waals surface area contributed by atoms with Crippen LogP contribution in [0.3, 0.4) is 0 Å². The predicted octanol–water partition coefficient (Wildman–Crippen LogP) is 2.16. The Morgan fingerprint density at radius 3 is 2.25 bits per heavy atom. The number of ketones is 1. The SMILES string of the molecule is O=C(O)c1ccccc1C(=O)c1ccc(N2CCOCC2)cc1O. The molecule has 0 saturated carbocycles. The molecular formula is C18H17NO5. The third kappa shape index (κ3) is 3.09. The quantitative estimate of drug-likeness (QED) is 0.837. The van der Waals surface area contributed by atoms with E-state index < -0.39 is 11.8 Å². The lowest BCUT2D eigenvalue weighted by Gasteiger charge is -2.29. The van der Waals surface area contributed by atoms with Gasteiger partial charge in [-0.05, 0) is 18.2 Å². The number of ether oxygens (including phenoxy) is 1. The minimum absolute atomic E-state index is 0.0550. The number of nitrogens with zero attached hydrogens (tertiary/aromatic N) is 1. The van der Waals surface area contributed by atoms with Gasteiger partial charge in [-0.3, -0.25) is 4.79 Å². The molecule has 0 aromatic heterocycles. The zero-order valence-corrected chi connectivity index (χ0v) is 12.9. The van der Waals surface area contributed by atoms with Crippen LogP contribution in [0.5, 0.6) is 5.75 Å². The fraction of sp³-hybridized carbons (Fsp3) is 0.222. The number of phenolic OH excluding ortho intramolecular Hbond substituents is 1. The van der Waals surface area contributed by atoms with Crippen molar-refractivity contribution in [2.75, 3.05) is 31.2 Å². The lowest BCUT2D eigenvalue weighted by atomic mass is 9.97. The first-order chi connectivity index (χ1) is 11.6. The van der Waals surface area contributed by atoms with Crippen molar-refractivity contribution in [1.82, 2.24) is 0 Å². The number of morpholine rings is 1. The zero-order valence-electron chi connectivity index (χ0n) is 12.9. The summed E-state index contributed by atoms with van der Waals surface area (Å²) in [4.78, 5) is 26.0. The first-order valence-corrected chi connectivity index (χ1v) is 7.60. The molecule has 24 heavy (non-hydrogen) atoms. The Hall–Kier alpha value is -2.86. The fourth-order valence-corrected chi connectivity index (χ4v) is 2.74. The number of rotatable bonds is 4. The number of carboxylic acids is 1. The molecule has 0 spiro atoms. The second kappa shape index (κ2) is 6.72. The van der Waals surface area contributed by atoms with E-state index in [-0.39, 0.29) is 22.4 Å². The number of hydrogen-bond acceptors (Lipinski definition) is 5. The third-order valence-corrected chi connectivity index (χ3v) is 4.00. The molecule has 6 nitrogen and oxygen atoms in total. The number of anilines is 1. The van der Waals surface area contributed by atoms with Gasteiger partial charge in [0.15, 0.2) is 5.78 Å². The van der Waals surface area contributed by atoms with Gasteiger partial charge in [0.1, 0.15) is 5.75 Å². The van der Waals surface area contributed by atoms with Crippen LogP contribution < -0.4 is 4.90 Å². The van der Waals surface area contributed by atoms with Gasteiger partial charge in [0.05, 0.1) is 24.3 Å². The van der Waals surface area contributed by atoms with Crippen LogP contribution in [-0.4, -0.2) is 48.3 Å². The van der Waals surface area contributed by atoms with Crippen LogP contribution in [0.2, 0.25) is 0 Å². The van der Waals surface area contributed by atoms with E-state index >= 15 is 0 Å². The summed E-state index contributed by atoms with van der Waals surface area (Å²) in [6.45, 7) is 2.67. The number of phenols is 1. The number of carboxylic acid groups (broad SMARTS) is 1. The van der Waals surface area contributed by atoms with Crippen molar-refractivity contribution in [2.45, 2.75) is 0 Å². The van der Waals surface area contributed by atoms with Gasteiger partial charge in [-0.15, -0.1) is 0 Å². The lowest BCUT2D eigenvalue weighted by molar-refractivity contribution is 0.0692. The molecule has 0 unspecified atom stereocenters. The second-order valence-electron chi connectivity index (χ2n) is 5.48. The van der Waals surface area contributed by atoms with Crippen molar-refractivity contribution in [3.8, 4) is 5.75 Å². The molecule has 3 rings (SSSR count). The van der Waals surface area contributed by atoms with Crippen molar-refractivity contribution in [1.29, 1.82) is 0 Å². The Morgan fingerprint density at radius 2 is 1.62 bits per heavy atom. The van der Waals surface area contributed by atoms with Crippen LogP contribution in [0, 0.1) is 0 Å². The summed E-state index contributed by atoms with van der Waals surface area (Å²) in [6.07, 6.45) is 0. The zero-order chi connectivity index (χ0) is 17.1. The number of carbonyl (C=O) groups excluding carboxylic acids is 1. The molecule has 124 valence electrons. The van der Waals surface area contributed by atoms with Crippen molar-refractivity contribution in [3.63, 3.8) is 0 Å². The summed E-state index contributed by atoms with van der Waals surface area (Å²) in [6, 6.07) is 10.8. The van der Waals surface area contributed by atoms with E-state index in [2.05, 4.69) is 4.90 Å². The first-order valence-electron chi connectivity index (χ1n) is 7.60. The largest absolute Gasteiger partial charge is 0.507 e. The molecule has 0 aliphatic carbocycles. The van der Waals surface area contributed by atoms with Crippen LogP contribution in [0.4, 0.5) is 5.69 Å². The third-order valence-electron chi connectivity index (χ3n) is 4.00. The molecule has 2 aromatic carbocycles. The smallest absolute Gasteiger partial charge is 0.336 e. The summed E-state index contributed by atoms with van der Waals surface area (Å²) < 4.78 is 5.29. The van der Waals surface area contributed by atoms with Gasteiger partial charge in [0.2, 0.25) is 0 Å². The average Bonchev–Trinajstić information content (AvgIpc) is 2.62. The van der Waals surface area contributed by atoms with Gasteiger partial charge in [0, 0.05) is 30.4 Å². The molecule has 0 radical (unpaired) electrons. The van der Waals surface area contributed by atoms with Crippen molar-refractivity contribution in [2.24, 2.45) is 0 Å². The molecule has 0 bridgehead atoms. The topological polar surface area (TPSA) is 87.1 Å². The molecule has 2 N–H and O–H groups in total. The number of hydrogen-bond donors (Lipinski definition) is 2. The maximum Gasteiger partial charge on any atom is 0.336 e. The highest BCUT2D eigenvalue weighted by molar-refractivity contribution is 6.15. The number of carbonyl (C=O) groups is 2. The molecule has 0 atom stereocenters. The molecule has 1 aliphatic rings. The Labute approximate surface area is 138 Å². The Balaban J connectivity index is 1.92. The van der Waals surface area contributed by atoms with Gasteiger partial charge in [0.25, 0.3) is 0 Å². The highest BCUT2D eigenvalue weighted by atomic mass is 16.5. The Morgan fingerprint density at radius 1 is 0.958 bits per heavy atom. The summed E-state index contributed by atoms with van der Waals surface area (Å²) in [5.74, 6) is -1.86. The van der Waals surface area contributed by atoms with Crippen molar-refractivity contribution >= 4 is 17.4 Å². The van der Waals surface area contributed by atoms with E-state index in [1.54, 1.807) is 18.2 Å². The minimum atomic E-state index is -1.18. The van der Waals surface area contributed by atoms with Gasteiger partial charge in [-0.25, -0.2) is 4.79 Å². The Kier molecular flexibility index (Phi) is 4.48. The van der Waals surface area contributed by atoms with Crippen molar-refractivity contribution in [3.05, 3.63) is 59.2 Å². The molecule has 0 amide bonds. The summed E-state index contributed by atoms with van der Waals surface area (Å²) in [5, 5.41) is 19.5. The van der Waals surface area contributed by atoms with E-state index in [9.17, 15) is 19.8 Å². The van der Waals surface area contributed by atoms with Crippen LogP contribution in [-0.2, 0) is 4.74 Å². The van der Waals surface area contributed by atoms with E-state index in [0.717, 1.165) is 5.69 Å². The number of aromatic hydroxyl groups is 1. The van der Waals surface area contributed by atoms with Gasteiger partial charge >= 0.3 is 5.97 Å². The van der Waals surface area contributed by atoms with E-state index in [1.165, 1.54) is 24.3 Å². The monoisotopic (exact) mass is 327 g/mol. The molecule has 1 aliphatic heterocycles. The standard InChI is InChI=1S/C18H17NO5/c20-16-11-12(19-7-9-24-10-8-19)5-6-15(16)17(21)13-3-1-2-4-14(13)18(22)23/h1-6,11,20H,7-10H2,(H,22,23). The summed E-state index contributed by atoms with van der Waals surface area (Å²) in [5.41, 5.74) is 0.859. The minimum Gasteiger partial charge on any atom is -0.507 e. The fourth-order valence-electron chi connectivity index (χ4n) is 2.74. The lowest BCUT2D eigenvalue weighted by Crippen LogP contribution is -2.36. The van der Waals surface area contributed by atoms with Crippen LogP contribution in [0.1, 0.15) is 26.3 Å². The molecule has 6 heteroatoms. The number of benzene rings is 2. The summed E-state index contributed by atoms with van der Waals surface area (Å²) in [7, 11) is 0. The highest BCUT2D eigenvalue weighted by Gasteiger charge is 2.21. The van der Waals surface area contributed by atoms with E-state index in [4.69, 9.17) is 4.74 Å². The second-order valence-corrected chi connectivity index (χ2v) is 5.48. The highest BCUT2D eigenvalue weighted by Crippen LogP contribution is 2.28. The maximum absolute atomic E-state index is 12.6. The average molecular weight is 327 g/mol. The normalized spacial score (nSPS) is 14.4. The maximum atomic E-state index is 12.6. The van der Waals surface area contributed by atoms with Gasteiger partial charge in [-0.1, -0.05) is 18.2 Å². The first kappa shape index (κ1) is 16.0. The molecule has 2 aromatic rings. The molecule has 1 heterocycles. The van der Waals surface area contributed by atoms with Crippen LogP contribution in [0.25, 0.3) is 0 Å². The molecule has 1 fully saturated rings. The molecular weight excluding hydrogens is 310 g/mol. The van der Waals surface area contributed by atoms with E-state index in [0.29, 0.717) is 26.3 Å². The van der Waals surface area contributed by atoms with Crippen LogP contribution in [0.15, 0.2) is 42.5 Å². The van der Waals surface area contributed by atoms with Crippen LogP contribution >= 0.6 is 0 Å². The molecule has 1 saturated heterocycles. The van der Waals surface area contributed by atoms with E-state index in [1.807, 2.05) is 0 Å².